The first-order chi connectivity index (χ1) is 18.9. The van der Waals surface area contributed by atoms with Gasteiger partial charge in [-0.1, -0.05) is 37.3 Å². The molecule has 4 N–H and O–H groups in total. The van der Waals surface area contributed by atoms with Crippen LogP contribution in [0.25, 0.3) is 0 Å². The molecule has 0 aromatic heterocycles. The first kappa shape index (κ1) is 36.2. The molecule has 0 saturated heterocycles. The molecule has 3 aromatic carbocycles. The third-order valence-electron chi connectivity index (χ3n) is 5.25. The highest BCUT2D eigenvalue weighted by Gasteiger charge is 2.13. The van der Waals surface area contributed by atoms with E-state index < -0.39 is 27.6 Å². The molecule has 0 saturated carbocycles. The van der Waals surface area contributed by atoms with Crippen LogP contribution in [0.5, 0.6) is 0 Å². The van der Waals surface area contributed by atoms with Crippen molar-refractivity contribution in [1.29, 1.82) is 0 Å². The minimum atomic E-state index is -3.36. The van der Waals surface area contributed by atoms with Crippen LogP contribution in [0.2, 0.25) is 0 Å². The summed E-state index contributed by atoms with van der Waals surface area (Å²) >= 11 is 0. The van der Waals surface area contributed by atoms with Gasteiger partial charge in [0.1, 0.15) is 11.6 Å². The molecule has 218 valence electrons. The van der Waals surface area contributed by atoms with Gasteiger partial charge in [0.25, 0.3) is 0 Å². The number of halogens is 2. The van der Waals surface area contributed by atoms with Crippen LogP contribution in [0.1, 0.15) is 40.4 Å². The van der Waals surface area contributed by atoms with E-state index in [0.717, 1.165) is 49.1 Å². The van der Waals surface area contributed by atoms with Crippen molar-refractivity contribution in [3.05, 3.63) is 101 Å². The van der Waals surface area contributed by atoms with Crippen LogP contribution in [-0.2, 0) is 23.0 Å². The predicted molar refractivity (Wildman–Crippen MR) is 159 cm³/mol. The second-order valence-corrected chi connectivity index (χ2v) is 10.5. The van der Waals surface area contributed by atoms with Crippen molar-refractivity contribution in [3.8, 4) is 12.8 Å². The summed E-state index contributed by atoms with van der Waals surface area (Å²) in [5.74, 6) is -2.13. The summed E-state index contributed by atoms with van der Waals surface area (Å²) in [5, 5.41) is 12.1. The Morgan fingerprint density at radius 3 is 2.08 bits per heavy atom. The number of nitrogens with one attached hydrogen (secondary N) is 1. The largest absolute Gasteiger partial charge is 0.478 e. The maximum Gasteiger partial charge on any atom is 0.335 e. The van der Waals surface area contributed by atoms with E-state index in [1.807, 2.05) is 0 Å². The molecule has 0 fully saturated rings. The Kier molecular flexibility index (Phi) is 17.5. The van der Waals surface area contributed by atoms with Crippen LogP contribution >= 0.6 is 0 Å². The molecule has 0 heterocycles. The molecule has 40 heavy (non-hydrogen) atoms. The van der Waals surface area contributed by atoms with E-state index in [2.05, 4.69) is 49.4 Å². The highest BCUT2D eigenvalue weighted by molar-refractivity contribution is 7.92. The molecule has 3 rings (SSSR count). The van der Waals surface area contributed by atoms with Crippen LogP contribution in [-0.4, -0.2) is 45.9 Å². The molecule has 0 aliphatic carbocycles. The number of benzene rings is 3. The van der Waals surface area contributed by atoms with E-state index in [-0.39, 0.29) is 5.56 Å². The number of aryl methyl sites for hydroxylation is 2. The Morgan fingerprint density at radius 1 is 1.00 bits per heavy atom. The van der Waals surface area contributed by atoms with Crippen molar-refractivity contribution >= 4 is 21.7 Å². The number of hydrogen-bond acceptors (Lipinski definition) is 5. The lowest BCUT2D eigenvalue weighted by Gasteiger charge is -2.16. The van der Waals surface area contributed by atoms with E-state index in [0.29, 0.717) is 11.3 Å². The maximum absolute atomic E-state index is 12.2. The zero-order chi connectivity index (χ0) is 30.7. The topological polar surface area (TPSA) is 113 Å². The average Bonchev–Trinajstić information content (AvgIpc) is 2.91. The number of nitrogens with two attached hydrogens (primary N) is 1. The lowest BCUT2D eigenvalue weighted by Crippen LogP contribution is -2.24. The Hall–Kier alpha value is -3.78. The minimum absolute atomic E-state index is 0.0583. The first-order valence-electron chi connectivity index (χ1n) is 12.4. The fourth-order valence-corrected chi connectivity index (χ4v) is 3.63. The molecule has 0 bridgehead atoms. The second kappa shape index (κ2) is 19.3. The van der Waals surface area contributed by atoms with E-state index in [1.54, 1.807) is 6.92 Å². The number of aromatic carboxylic acids is 1. The van der Waals surface area contributed by atoms with Crippen molar-refractivity contribution in [2.24, 2.45) is 5.73 Å². The summed E-state index contributed by atoms with van der Waals surface area (Å²) in [5.41, 5.74) is 9.18. The number of terminal acetylenes is 1. The number of sulfonamides is 1. The van der Waals surface area contributed by atoms with E-state index >= 15 is 0 Å². The van der Waals surface area contributed by atoms with Gasteiger partial charge in [0.05, 0.1) is 17.5 Å². The molecule has 0 radical (unpaired) electrons. The van der Waals surface area contributed by atoms with Crippen molar-refractivity contribution in [3.63, 3.8) is 0 Å². The maximum atomic E-state index is 12.2. The van der Waals surface area contributed by atoms with Gasteiger partial charge in [0.15, 0.2) is 0 Å². The zero-order valence-electron chi connectivity index (χ0n) is 23.4. The van der Waals surface area contributed by atoms with Gasteiger partial charge in [0.2, 0.25) is 10.0 Å². The normalized spacial score (nSPS) is 10.0. The van der Waals surface area contributed by atoms with Gasteiger partial charge < -0.3 is 16.2 Å². The lowest BCUT2D eigenvalue weighted by molar-refractivity contribution is 0.0697. The second-order valence-electron chi connectivity index (χ2n) is 8.53. The van der Waals surface area contributed by atoms with Gasteiger partial charge in [-0.05, 0) is 79.9 Å². The smallest absolute Gasteiger partial charge is 0.335 e. The Bertz CT molecular complexity index is 1260. The highest BCUT2D eigenvalue weighted by Crippen LogP contribution is 2.17. The molecular formula is C30H39F2N3O4S. The van der Waals surface area contributed by atoms with Crippen LogP contribution in [0, 0.1) is 31.4 Å². The van der Waals surface area contributed by atoms with Crippen LogP contribution in [0.3, 0.4) is 0 Å². The highest BCUT2D eigenvalue weighted by atomic mass is 32.2. The van der Waals surface area contributed by atoms with Gasteiger partial charge in [-0.3, -0.25) is 4.31 Å². The third-order valence-corrected chi connectivity index (χ3v) is 6.45. The number of nitrogens with zero attached hydrogens (tertiary/aromatic N) is 1. The van der Waals surface area contributed by atoms with Crippen LogP contribution in [0.4, 0.5) is 14.5 Å². The number of carboxylic acids is 1. The van der Waals surface area contributed by atoms with Gasteiger partial charge >= 0.3 is 5.97 Å². The quantitative estimate of drug-likeness (QED) is 0.245. The monoisotopic (exact) mass is 575 g/mol. The van der Waals surface area contributed by atoms with Gasteiger partial charge in [-0.15, -0.1) is 12.8 Å². The standard InChI is InChI=1S/C12H20N2.C9H11NO4S.C7H6F2.C2H2/c1-2-11-5-3-6-12(9-11)10-14-8-4-7-13;1-10(15(2,13)14)8-5-3-4-7(6-8)9(11)12;1-5-2-6(8)4-7(9)3-5;1-2/h3,5-6,9,14H,2,4,7-8,10,13H2,1H3;3-6H,1-2H3,(H,11,12);2-4H,1H3;1-2H. The lowest BCUT2D eigenvalue weighted by atomic mass is 10.1. The predicted octanol–water partition coefficient (Wildman–Crippen LogP) is 4.99. The number of anilines is 1. The Balaban J connectivity index is 0.000000567. The van der Waals surface area contributed by atoms with Gasteiger partial charge in [-0.2, -0.15) is 0 Å². The molecule has 3 aromatic rings. The van der Waals surface area contributed by atoms with Crippen molar-refractivity contribution in [2.75, 3.05) is 30.7 Å². The Morgan fingerprint density at radius 2 is 1.57 bits per heavy atom. The number of hydrogen-bond donors (Lipinski definition) is 3. The fraction of sp³-hybridized carbons (Fsp3) is 0.300. The van der Waals surface area contributed by atoms with Crippen molar-refractivity contribution < 1.29 is 27.1 Å². The van der Waals surface area contributed by atoms with E-state index in [9.17, 15) is 22.0 Å². The number of carbonyl (C=O) groups is 1. The average molecular weight is 576 g/mol. The summed E-state index contributed by atoms with van der Waals surface area (Å²) in [6, 6.07) is 17.9. The summed E-state index contributed by atoms with van der Waals surface area (Å²) in [6.07, 6.45) is 11.2. The molecule has 7 nitrogen and oxygen atoms in total. The molecular weight excluding hydrogens is 536 g/mol. The Labute approximate surface area is 237 Å². The van der Waals surface area contributed by atoms with Gasteiger partial charge in [-0.25, -0.2) is 22.0 Å². The van der Waals surface area contributed by atoms with E-state index in [1.165, 1.54) is 54.6 Å². The minimum Gasteiger partial charge on any atom is -0.478 e. The van der Waals surface area contributed by atoms with Gasteiger partial charge in [0, 0.05) is 19.7 Å². The number of carboxylic acid groups (broad SMARTS) is 1. The first-order valence-corrected chi connectivity index (χ1v) is 14.2. The molecule has 0 unspecified atom stereocenters. The SMILES string of the molecule is C#C.CCc1cccc(CNCCCN)c1.CN(c1cccc(C(=O)O)c1)S(C)(=O)=O.Cc1cc(F)cc(F)c1. The van der Waals surface area contributed by atoms with Crippen LogP contribution in [0.15, 0.2) is 66.7 Å². The summed E-state index contributed by atoms with van der Waals surface area (Å²) < 4.78 is 47.8. The fourth-order valence-electron chi connectivity index (χ4n) is 3.14. The van der Waals surface area contributed by atoms with Crippen LogP contribution < -0.4 is 15.4 Å². The molecule has 0 amide bonds. The molecule has 0 aliphatic rings. The summed E-state index contributed by atoms with van der Waals surface area (Å²) in [4.78, 5) is 10.7. The van der Waals surface area contributed by atoms with Crippen molar-refractivity contribution in [1.82, 2.24) is 5.32 Å². The molecule has 0 atom stereocenters. The summed E-state index contributed by atoms with van der Waals surface area (Å²) in [6.45, 7) is 6.55. The molecule has 0 aliphatic heterocycles. The van der Waals surface area contributed by atoms with Crippen molar-refractivity contribution in [2.45, 2.75) is 33.2 Å². The molecule has 0 spiro atoms. The van der Waals surface area contributed by atoms with E-state index in [4.69, 9.17) is 10.8 Å². The third kappa shape index (κ3) is 15.0. The summed E-state index contributed by atoms with van der Waals surface area (Å²) in [7, 11) is -1.99. The molecule has 10 heteroatoms. The zero-order valence-corrected chi connectivity index (χ0v) is 24.2. The number of rotatable bonds is 9.